The summed E-state index contributed by atoms with van der Waals surface area (Å²) in [5.41, 5.74) is 0.602. The summed E-state index contributed by atoms with van der Waals surface area (Å²) in [4.78, 5) is 38.0. The van der Waals surface area contributed by atoms with Gasteiger partial charge in [0.15, 0.2) is 5.78 Å². The molecule has 3 rings (SSSR count). The van der Waals surface area contributed by atoms with Crippen LogP contribution >= 0.6 is 0 Å². The number of nitro groups is 2. The fourth-order valence-electron chi connectivity index (χ4n) is 3.20. The Morgan fingerprint density at radius 3 is 2.46 bits per heavy atom. The fourth-order valence-corrected chi connectivity index (χ4v) is 3.20. The Hall–Kier alpha value is -3.42. The topological polar surface area (TPSA) is 116 Å². The van der Waals surface area contributed by atoms with Crippen molar-refractivity contribution < 1.29 is 14.6 Å². The van der Waals surface area contributed by atoms with Crippen LogP contribution in [-0.2, 0) is 5.41 Å². The fraction of sp³-hybridized carbons (Fsp3) is 0.222. The number of Topliss-reactive ketones (excluding diaryl/α,β-unsaturated/α-hetero) is 1. The third kappa shape index (κ3) is 2.75. The minimum Gasteiger partial charge on any atom is -0.294 e. The summed E-state index contributed by atoms with van der Waals surface area (Å²) in [6.07, 6.45) is -0.0159. The van der Waals surface area contributed by atoms with Gasteiger partial charge in [-0.15, -0.1) is 0 Å². The standard InChI is InChI=1S/C18H15N3O5/c1-11-18(2,14-5-3-4-6-15(14)19-11)10-17(22)13-8-7-12(20(23)24)9-16(13)21(25)26/h3-9H,10H2,1-2H3. The van der Waals surface area contributed by atoms with Gasteiger partial charge in [0, 0.05) is 23.6 Å². The van der Waals surface area contributed by atoms with E-state index in [0.717, 1.165) is 35.2 Å². The molecule has 8 nitrogen and oxygen atoms in total. The molecule has 26 heavy (non-hydrogen) atoms. The second-order valence-electron chi connectivity index (χ2n) is 6.36. The summed E-state index contributed by atoms with van der Waals surface area (Å²) < 4.78 is 0. The first-order valence-electron chi connectivity index (χ1n) is 7.85. The molecule has 0 saturated carbocycles. The molecular weight excluding hydrogens is 338 g/mol. The quantitative estimate of drug-likeness (QED) is 0.455. The van der Waals surface area contributed by atoms with E-state index in [0.29, 0.717) is 0 Å². The van der Waals surface area contributed by atoms with Gasteiger partial charge in [-0.05, 0) is 31.5 Å². The van der Waals surface area contributed by atoms with Gasteiger partial charge in [0.1, 0.15) is 0 Å². The van der Waals surface area contributed by atoms with Crippen molar-refractivity contribution >= 4 is 28.6 Å². The molecular formula is C18H15N3O5. The molecule has 132 valence electrons. The molecule has 1 aliphatic rings. The molecule has 0 aliphatic carbocycles. The van der Waals surface area contributed by atoms with E-state index in [1.165, 1.54) is 0 Å². The Balaban J connectivity index is 2.00. The normalized spacial score (nSPS) is 18.2. The predicted octanol–water partition coefficient (Wildman–Crippen LogP) is 4.14. The number of carbonyl (C=O) groups excluding carboxylic acids is 1. The zero-order chi connectivity index (χ0) is 19.1. The zero-order valence-corrected chi connectivity index (χ0v) is 14.1. The highest BCUT2D eigenvalue weighted by Crippen LogP contribution is 2.43. The number of aliphatic imine (C=N–C) groups is 1. The number of nitrogens with zero attached hydrogens (tertiary/aromatic N) is 3. The van der Waals surface area contributed by atoms with Crippen molar-refractivity contribution in [3.05, 3.63) is 73.8 Å². The number of benzene rings is 2. The summed E-state index contributed by atoms with van der Waals surface area (Å²) in [7, 11) is 0. The highest BCUT2D eigenvalue weighted by atomic mass is 16.6. The van der Waals surface area contributed by atoms with Crippen LogP contribution in [0.4, 0.5) is 17.1 Å². The summed E-state index contributed by atoms with van der Waals surface area (Å²) in [6, 6.07) is 10.5. The molecule has 2 aromatic rings. The van der Waals surface area contributed by atoms with Crippen LogP contribution in [0.2, 0.25) is 0 Å². The van der Waals surface area contributed by atoms with Gasteiger partial charge < -0.3 is 0 Å². The Kier molecular flexibility index (Phi) is 4.11. The predicted molar refractivity (Wildman–Crippen MR) is 95.3 cm³/mol. The Labute approximate surface area is 148 Å². The number of ketones is 1. The molecule has 0 N–H and O–H groups in total. The minimum atomic E-state index is -0.772. The number of nitro benzene ring substituents is 2. The van der Waals surface area contributed by atoms with Crippen LogP contribution in [0.5, 0.6) is 0 Å². The lowest BCUT2D eigenvalue weighted by atomic mass is 9.75. The highest BCUT2D eigenvalue weighted by molar-refractivity contribution is 6.08. The van der Waals surface area contributed by atoms with E-state index in [9.17, 15) is 25.0 Å². The first-order valence-corrected chi connectivity index (χ1v) is 7.85. The molecule has 0 radical (unpaired) electrons. The average Bonchev–Trinajstić information content (AvgIpc) is 2.85. The lowest BCUT2D eigenvalue weighted by molar-refractivity contribution is -0.394. The van der Waals surface area contributed by atoms with Gasteiger partial charge in [-0.1, -0.05) is 18.2 Å². The van der Waals surface area contributed by atoms with E-state index in [1.54, 1.807) is 0 Å². The lowest BCUT2D eigenvalue weighted by Crippen LogP contribution is -2.31. The molecule has 0 aromatic heterocycles. The van der Waals surface area contributed by atoms with Gasteiger partial charge >= 0.3 is 0 Å². The number of hydrogen-bond acceptors (Lipinski definition) is 6. The molecule has 0 saturated heterocycles. The molecule has 1 aliphatic heterocycles. The van der Waals surface area contributed by atoms with Gasteiger partial charge in [0.25, 0.3) is 11.4 Å². The first-order chi connectivity index (χ1) is 12.2. The SMILES string of the molecule is CC1=Nc2ccccc2C1(C)CC(=O)c1ccc([N+](=O)[O-])cc1[N+](=O)[O-]. The van der Waals surface area contributed by atoms with Crippen molar-refractivity contribution in [1.82, 2.24) is 0 Å². The van der Waals surface area contributed by atoms with Crippen molar-refractivity contribution in [2.75, 3.05) is 0 Å². The maximum absolute atomic E-state index is 12.8. The summed E-state index contributed by atoms with van der Waals surface area (Å²) in [5, 5.41) is 22.1. The summed E-state index contributed by atoms with van der Waals surface area (Å²) >= 11 is 0. The van der Waals surface area contributed by atoms with Gasteiger partial charge in [-0.2, -0.15) is 0 Å². The van der Waals surface area contributed by atoms with Gasteiger partial charge in [-0.25, -0.2) is 0 Å². The molecule has 1 atom stereocenters. The van der Waals surface area contributed by atoms with Crippen molar-refractivity contribution in [2.24, 2.45) is 4.99 Å². The lowest BCUT2D eigenvalue weighted by Gasteiger charge is -2.25. The molecule has 2 aromatic carbocycles. The van der Waals surface area contributed by atoms with Crippen LogP contribution < -0.4 is 0 Å². The molecule has 0 bridgehead atoms. The summed E-state index contributed by atoms with van der Waals surface area (Å²) in [5.74, 6) is -0.458. The van der Waals surface area contributed by atoms with Crippen LogP contribution in [0.25, 0.3) is 0 Å². The smallest absolute Gasteiger partial charge is 0.287 e. The number of hydrogen-bond donors (Lipinski definition) is 0. The highest BCUT2D eigenvalue weighted by Gasteiger charge is 2.40. The van der Waals surface area contributed by atoms with E-state index >= 15 is 0 Å². The average molecular weight is 353 g/mol. The molecule has 8 heteroatoms. The molecule has 0 amide bonds. The Morgan fingerprint density at radius 2 is 1.81 bits per heavy atom. The Morgan fingerprint density at radius 1 is 1.12 bits per heavy atom. The van der Waals surface area contributed by atoms with E-state index in [-0.39, 0.29) is 12.0 Å². The van der Waals surface area contributed by atoms with Crippen LogP contribution in [0.15, 0.2) is 47.5 Å². The van der Waals surface area contributed by atoms with Crippen molar-refractivity contribution in [3.8, 4) is 0 Å². The number of rotatable bonds is 5. The van der Waals surface area contributed by atoms with Gasteiger partial charge in [0.05, 0.1) is 27.2 Å². The number of fused-ring (bicyclic) bond motifs is 1. The van der Waals surface area contributed by atoms with E-state index in [4.69, 9.17) is 0 Å². The zero-order valence-electron chi connectivity index (χ0n) is 14.1. The largest absolute Gasteiger partial charge is 0.294 e. The van der Waals surface area contributed by atoms with Crippen molar-refractivity contribution in [3.63, 3.8) is 0 Å². The monoisotopic (exact) mass is 353 g/mol. The van der Waals surface area contributed by atoms with Gasteiger partial charge in [0.2, 0.25) is 0 Å². The molecule has 1 unspecified atom stereocenters. The van der Waals surface area contributed by atoms with E-state index in [2.05, 4.69) is 4.99 Å². The van der Waals surface area contributed by atoms with Crippen molar-refractivity contribution in [2.45, 2.75) is 25.7 Å². The summed E-state index contributed by atoms with van der Waals surface area (Å²) in [6.45, 7) is 3.68. The number of non-ortho nitro benzene ring substituents is 1. The van der Waals surface area contributed by atoms with Crippen LogP contribution in [0.3, 0.4) is 0 Å². The van der Waals surface area contributed by atoms with E-state index < -0.39 is 32.4 Å². The van der Waals surface area contributed by atoms with E-state index in [1.807, 2.05) is 38.1 Å². The number of carbonyl (C=O) groups is 1. The molecule has 1 heterocycles. The van der Waals surface area contributed by atoms with Crippen LogP contribution in [-0.4, -0.2) is 21.3 Å². The Bertz CT molecular complexity index is 983. The third-order valence-electron chi connectivity index (χ3n) is 4.79. The number of para-hydroxylation sites is 1. The van der Waals surface area contributed by atoms with Gasteiger partial charge in [-0.3, -0.25) is 30.0 Å². The van der Waals surface area contributed by atoms with Crippen molar-refractivity contribution in [1.29, 1.82) is 0 Å². The van der Waals surface area contributed by atoms with Crippen LogP contribution in [0.1, 0.15) is 36.2 Å². The third-order valence-corrected chi connectivity index (χ3v) is 4.79. The second kappa shape index (κ2) is 6.14. The maximum atomic E-state index is 12.8. The molecule has 0 spiro atoms. The maximum Gasteiger partial charge on any atom is 0.287 e. The minimum absolute atomic E-state index is 0.0159. The first kappa shape index (κ1) is 17.4. The molecule has 0 fully saturated rings. The van der Waals surface area contributed by atoms with Crippen LogP contribution in [0, 0.1) is 20.2 Å². The second-order valence-corrected chi connectivity index (χ2v) is 6.36.